The van der Waals surface area contributed by atoms with Crippen LogP contribution in [0.25, 0.3) is 10.9 Å². The molecule has 0 fully saturated rings. The Morgan fingerprint density at radius 3 is 2.50 bits per heavy atom. The summed E-state index contributed by atoms with van der Waals surface area (Å²) >= 11 is 1.45. The minimum Gasteiger partial charge on any atom is -0.323 e. The van der Waals surface area contributed by atoms with Gasteiger partial charge in [0.05, 0.1) is 5.52 Å². The highest BCUT2D eigenvalue weighted by Crippen LogP contribution is 2.30. The highest BCUT2D eigenvalue weighted by molar-refractivity contribution is 7.99. The van der Waals surface area contributed by atoms with E-state index in [1.807, 2.05) is 82.5 Å². The molecule has 0 saturated heterocycles. The van der Waals surface area contributed by atoms with Crippen molar-refractivity contribution in [2.75, 3.05) is 26.0 Å². The summed E-state index contributed by atoms with van der Waals surface area (Å²) in [6.45, 7) is 4.51. The number of amides is 1. The number of aryl methyl sites for hydroxylation is 1. The molecule has 0 spiro atoms. The van der Waals surface area contributed by atoms with E-state index in [1.165, 1.54) is 11.8 Å². The first kappa shape index (κ1) is 21.8. The van der Waals surface area contributed by atoms with Gasteiger partial charge in [-0.2, -0.15) is 5.10 Å². The van der Waals surface area contributed by atoms with Crippen LogP contribution in [0.5, 0.6) is 0 Å². The number of nitrogens with zero attached hydrogens (tertiary/aromatic N) is 5. The zero-order valence-corrected chi connectivity index (χ0v) is 19.3. The molecule has 2 N–H and O–H groups in total. The average Bonchev–Trinajstić information content (AvgIpc) is 3.19. The van der Waals surface area contributed by atoms with E-state index >= 15 is 0 Å². The molecule has 1 amide bonds. The summed E-state index contributed by atoms with van der Waals surface area (Å²) in [5.74, 6) is 1.37. The lowest BCUT2D eigenvalue weighted by atomic mass is 10.2. The van der Waals surface area contributed by atoms with Crippen LogP contribution in [0.1, 0.15) is 23.0 Å². The molecule has 32 heavy (non-hydrogen) atoms. The molecule has 0 aliphatic rings. The van der Waals surface area contributed by atoms with Crippen molar-refractivity contribution in [1.82, 2.24) is 30.2 Å². The van der Waals surface area contributed by atoms with E-state index < -0.39 is 0 Å². The zero-order chi connectivity index (χ0) is 22.7. The summed E-state index contributed by atoms with van der Waals surface area (Å²) in [6.07, 6.45) is 0. The van der Waals surface area contributed by atoms with Crippen LogP contribution in [0.4, 0.5) is 11.6 Å². The van der Waals surface area contributed by atoms with Gasteiger partial charge in [0.25, 0.3) is 5.91 Å². The zero-order valence-electron chi connectivity index (χ0n) is 18.5. The molecule has 164 valence electrons. The molecular weight excluding hydrogens is 422 g/mol. The van der Waals surface area contributed by atoms with Gasteiger partial charge >= 0.3 is 0 Å². The number of hydrogen-bond acceptors (Lipinski definition) is 7. The maximum Gasteiger partial charge on any atom is 0.268 e. The summed E-state index contributed by atoms with van der Waals surface area (Å²) < 4.78 is 0. The van der Waals surface area contributed by atoms with E-state index in [0.29, 0.717) is 28.9 Å². The van der Waals surface area contributed by atoms with Gasteiger partial charge in [-0.1, -0.05) is 12.1 Å². The first-order valence-corrected chi connectivity index (χ1v) is 11.1. The number of para-hydroxylation sites is 1. The Bertz CT molecular complexity index is 1240. The molecule has 2 heterocycles. The molecule has 4 rings (SSSR count). The Morgan fingerprint density at radius 1 is 1.09 bits per heavy atom. The van der Waals surface area contributed by atoms with Gasteiger partial charge in [-0.25, -0.2) is 15.0 Å². The average molecular weight is 448 g/mol. The summed E-state index contributed by atoms with van der Waals surface area (Å²) in [5.41, 5.74) is 2.45. The maximum atomic E-state index is 12.7. The van der Waals surface area contributed by atoms with Crippen LogP contribution in [0.2, 0.25) is 0 Å². The Labute approximate surface area is 191 Å². The van der Waals surface area contributed by atoms with Crippen LogP contribution in [-0.2, 0) is 0 Å². The van der Waals surface area contributed by atoms with Crippen LogP contribution in [0, 0.1) is 6.92 Å². The van der Waals surface area contributed by atoms with Gasteiger partial charge < -0.3 is 5.32 Å². The molecule has 4 aromatic rings. The third-order valence-electron chi connectivity index (χ3n) is 4.86. The minimum atomic E-state index is -0.0308. The van der Waals surface area contributed by atoms with E-state index in [1.54, 1.807) is 10.0 Å². The maximum absolute atomic E-state index is 12.7. The Hall–Kier alpha value is -3.43. The number of hydrogen-bond donors (Lipinski definition) is 2. The molecule has 8 nitrogen and oxygen atoms in total. The second-order valence-corrected chi connectivity index (χ2v) is 8.47. The number of aromatic amines is 1. The van der Waals surface area contributed by atoms with Crippen LogP contribution in [0.3, 0.4) is 0 Å². The summed E-state index contributed by atoms with van der Waals surface area (Å²) in [5, 5.41) is 15.5. The second-order valence-electron chi connectivity index (χ2n) is 7.43. The number of anilines is 2. The summed E-state index contributed by atoms with van der Waals surface area (Å²) in [6, 6.07) is 17.3. The fourth-order valence-electron chi connectivity index (χ4n) is 3.33. The van der Waals surface area contributed by atoms with E-state index in [2.05, 4.69) is 15.5 Å². The van der Waals surface area contributed by atoms with Crippen LogP contribution < -0.4 is 5.32 Å². The Morgan fingerprint density at radius 2 is 1.84 bits per heavy atom. The van der Waals surface area contributed by atoms with Crippen molar-refractivity contribution in [2.45, 2.75) is 23.9 Å². The van der Waals surface area contributed by atoms with Gasteiger partial charge in [-0.3, -0.25) is 14.9 Å². The van der Waals surface area contributed by atoms with Gasteiger partial charge in [0.15, 0.2) is 11.0 Å². The first-order valence-electron chi connectivity index (χ1n) is 10.3. The highest BCUT2D eigenvalue weighted by Gasteiger charge is 2.16. The number of fused-ring (bicyclic) bond motifs is 1. The number of H-pyrrole nitrogens is 1. The number of carbonyl (C=O) groups excluding carboxylic acids is 1. The normalized spacial score (nSPS) is 11.2. The molecular formula is C23H25N7OS. The van der Waals surface area contributed by atoms with Gasteiger partial charge in [0.1, 0.15) is 5.82 Å². The fraction of sp³-hybridized carbons (Fsp3) is 0.217. The second kappa shape index (κ2) is 9.37. The van der Waals surface area contributed by atoms with Crippen molar-refractivity contribution in [2.24, 2.45) is 0 Å². The van der Waals surface area contributed by atoms with Crippen molar-refractivity contribution in [1.29, 1.82) is 0 Å². The van der Waals surface area contributed by atoms with Crippen molar-refractivity contribution >= 4 is 40.2 Å². The number of rotatable bonds is 7. The number of nitrogens with one attached hydrogen (secondary N) is 2. The molecule has 0 aliphatic carbocycles. The molecule has 2 aromatic carbocycles. The lowest BCUT2D eigenvalue weighted by Crippen LogP contribution is -2.41. The quantitative estimate of drug-likeness (QED) is 0.318. The van der Waals surface area contributed by atoms with Crippen molar-refractivity contribution in [3.05, 3.63) is 65.9 Å². The predicted molar refractivity (Wildman–Crippen MR) is 127 cm³/mol. The smallest absolute Gasteiger partial charge is 0.268 e. The monoisotopic (exact) mass is 447 g/mol. The van der Waals surface area contributed by atoms with Gasteiger partial charge in [-0.05, 0) is 62.0 Å². The Balaban J connectivity index is 1.59. The molecule has 9 heteroatoms. The lowest BCUT2D eigenvalue weighted by molar-refractivity contribution is 0.0230. The molecule has 0 saturated carbocycles. The fourth-order valence-corrected chi connectivity index (χ4v) is 4.09. The first-order chi connectivity index (χ1) is 15.4. The number of carbonyl (C=O) groups is 1. The molecule has 0 bridgehead atoms. The van der Waals surface area contributed by atoms with E-state index in [4.69, 9.17) is 9.97 Å². The standard InChI is InChI=1S/C23H25N7OS/c1-5-30(29(3)4)22(31)16-10-12-17(13-11-16)32-23-24-19-9-7-6-8-18(19)21(26-23)25-20-14-15(2)27-28-20/h6-14H,5H2,1-4H3,(H2,24,25,26,27,28). The Kier molecular flexibility index (Phi) is 6.38. The van der Waals surface area contributed by atoms with Crippen LogP contribution in [0.15, 0.2) is 64.6 Å². The highest BCUT2D eigenvalue weighted by atomic mass is 32.2. The summed E-state index contributed by atoms with van der Waals surface area (Å²) in [4.78, 5) is 23.1. The molecule has 2 aromatic heterocycles. The van der Waals surface area contributed by atoms with E-state index in [0.717, 1.165) is 21.5 Å². The van der Waals surface area contributed by atoms with Gasteiger partial charge in [0.2, 0.25) is 0 Å². The van der Waals surface area contributed by atoms with Gasteiger partial charge in [0, 0.05) is 48.2 Å². The van der Waals surface area contributed by atoms with Crippen LogP contribution in [-0.4, -0.2) is 56.7 Å². The number of benzene rings is 2. The van der Waals surface area contributed by atoms with E-state index in [-0.39, 0.29) is 5.91 Å². The SMILES string of the molecule is CCN(C(=O)c1ccc(Sc2nc(Nc3cc(C)[nH]n3)c3ccccc3n2)cc1)N(C)C. The summed E-state index contributed by atoms with van der Waals surface area (Å²) in [7, 11) is 3.72. The van der Waals surface area contributed by atoms with Crippen LogP contribution >= 0.6 is 11.8 Å². The molecule has 0 aliphatic heterocycles. The largest absolute Gasteiger partial charge is 0.323 e. The third-order valence-corrected chi connectivity index (χ3v) is 5.74. The molecule has 0 atom stereocenters. The molecule has 0 unspecified atom stereocenters. The van der Waals surface area contributed by atoms with E-state index in [9.17, 15) is 4.79 Å². The van der Waals surface area contributed by atoms with Gasteiger partial charge in [-0.15, -0.1) is 0 Å². The van der Waals surface area contributed by atoms with Crippen molar-refractivity contribution in [3.8, 4) is 0 Å². The topological polar surface area (TPSA) is 90.0 Å². The van der Waals surface area contributed by atoms with Crippen molar-refractivity contribution < 1.29 is 4.79 Å². The molecule has 0 radical (unpaired) electrons. The number of hydrazine groups is 1. The van der Waals surface area contributed by atoms with Crippen molar-refractivity contribution in [3.63, 3.8) is 0 Å². The third kappa shape index (κ3) is 4.74. The number of aromatic nitrogens is 4. The minimum absolute atomic E-state index is 0.0308. The predicted octanol–water partition coefficient (Wildman–Crippen LogP) is 4.49. The lowest BCUT2D eigenvalue weighted by Gasteiger charge is -2.27.